The summed E-state index contributed by atoms with van der Waals surface area (Å²) in [6, 6.07) is 9.85. The van der Waals surface area contributed by atoms with Crippen molar-refractivity contribution in [2.75, 3.05) is 0 Å². The number of rotatable bonds is 2. The highest BCUT2D eigenvalue weighted by atomic mass is 16.3. The fourth-order valence-corrected chi connectivity index (χ4v) is 1.78. The molecule has 1 heterocycles. The molecule has 0 radical (unpaired) electrons. The second-order valence-corrected chi connectivity index (χ2v) is 4.11. The van der Waals surface area contributed by atoms with Crippen LogP contribution in [0, 0.1) is 13.8 Å². The van der Waals surface area contributed by atoms with Crippen LogP contribution < -0.4 is 0 Å². The van der Waals surface area contributed by atoms with Crippen molar-refractivity contribution >= 4 is 0 Å². The molecule has 0 saturated carbocycles. The van der Waals surface area contributed by atoms with E-state index in [4.69, 9.17) is 0 Å². The Morgan fingerprint density at radius 2 is 1.81 bits per heavy atom. The highest BCUT2D eigenvalue weighted by Crippen LogP contribution is 2.16. The van der Waals surface area contributed by atoms with Gasteiger partial charge in [0.1, 0.15) is 0 Å². The van der Waals surface area contributed by atoms with Crippen molar-refractivity contribution in [2.24, 2.45) is 0 Å². The van der Waals surface area contributed by atoms with Crippen LogP contribution in [0.15, 0.2) is 30.3 Å². The quantitative estimate of drug-likeness (QED) is 0.837. The Balaban J connectivity index is 2.38. The van der Waals surface area contributed by atoms with Gasteiger partial charge >= 0.3 is 0 Å². The van der Waals surface area contributed by atoms with E-state index >= 15 is 0 Å². The summed E-state index contributed by atoms with van der Waals surface area (Å²) in [7, 11) is 0. The third-order valence-electron chi connectivity index (χ3n) is 2.63. The number of hydrogen-bond donors (Lipinski definition) is 1. The molecule has 16 heavy (non-hydrogen) atoms. The first-order chi connectivity index (χ1) is 7.58. The van der Waals surface area contributed by atoms with Gasteiger partial charge in [-0.2, -0.15) is 5.10 Å². The Labute approximate surface area is 95.3 Å². The smallest absolute Gasteiger partial charge is 0.0761 e. The van der Waals surface area contributed by atoms with Crippen molar-refractivity contribution in [1.29, 1.82) is 0 Å². The molecule has 0 spiro atoms. The lowest BCUT2D eigenvalue weighted by atomic mass is 10.1. The van der Waals surface area contributed by atoms with E-state index in [2.05, 4.69) is 5.10 Å². The zero-order valence-corrected chi connectivity index (χ0v) is 9.81. The van der Waals surface area contributed by atoms with Gasteiger partial charge in [-0.15, -0.1) is 0 Å². The highest BCUT2D eigenvalue weighted by Gasteiger charge is 2.04. The molecule has 0 saturated heterocycles. The molecule has 3 heteroatoms. The van der Waals surface area contributed by atoms with Crippen molar-refractivity contribution < 1.29 is 5.11 Å². The minimum absolute atomic E-state index is 0.422. The molecule has 2 rings (SSSR count). The number of benzene rings is 1. The van der Waals surface area contributed by atoms with Crippen LogP contribution in [0.5, 0.6) is 0 Å². The van der Waals surface area contributed by atoms with Crippen LogP contribution in [0.2, 0.25) is 0 Å². The van der Waals surface area contributed by atoms with E-state index in [-0.39, 0.29) is 0 Å². The molecule has 1 N–H and O–H groups in total. The standard InChI is InChI=1S/C13H16N2O/c1-9-8-10(2)15(14-9)13-6-4-12(5-7-13)11(3)16/h4-8,11,16H,1-3H3/t11-/m1/s1. The second-order valence-electron chi connectivity index (χ2n) is 4.11. The lowest BCUT2D eigenvalue weighted by molar-refractivity contribution is 0.199. The summed E-state index contributed by atoms with van der Waals surface area (Å²) in [5.74, 6) is 0. The molecule has 0 amide bonds. The van der Waals surface area contributed by atoms with Crippen LogP contribution in [-0.4, -0.2) is 14.9 Å². The van der Waals surface area contributed by atoms with Crippen molar-refractivity contribution in [1.82, 2.24) is 9.78 Å². The fourth-order valence-electron chi connectivity index (χ4n) is 1.78. The SMILES string of the molecule is Cc1cc(C)n(-c2ccc([C@@H](C)O)cc2)n1. The fraction of sp³-hybridized carbons (Fsp3) is 0.308. The number of aliphatic hydroxyl groups excluding tert-OH is 1. The number of hydrogen-bond acceptors (Lipinski definition) is 2. The van der Waals surface area contributed by atoms with Gasteiger partial charge in [0.25, 0.3) is 0 Å². The van der Waals surface area contributed by atoms with E-state index in [9.17, 15) is 5.11 Å². The molecule has 1 atom stereocenters. The largest absolute Gasteiger partial charge is 0.389 e. The Hall–Kier alpha value is -1.61. The van der Waals surface area contributed by atoms with Crippen molar-refractivity contribution in [3.05, 3.63) is 47.3 Å². The summed E-state index contributed by atoms with van der Waals surface area (Å²) in [6.45, 7) is 5.77. The average molecular weight is 216 g/mol. The molecule has 2 aromatic rings. The first-order valence-corrected chi connectivity index (χ1v) is 5.39. The van der Waals surface area contributed by atoms with Gasteiger partial charge in [-0.3, -0.25) is 0 Å². The number of aryl methyl sites for hydroxylation is 2. The Morgan fingerprint density at radius 1 is 1.19 bits per heavy atom. The summed E-state index contributed by atoms with van der Waals surface area (Å²) in [4.78, 5) is 0. The number of nitrogens with zero attached hydrogens (tertiary/aromatic N) is 2. The van der Waals surface area contributed by atoms with Gasteiger partial charge in [-0.25, -0.2) is 4.68 Å². The van der Waals surface area contributed by atoms with Crippen LogP contribution >= 0.6 is 0 Å². The van der Waals surface area contributed by atoms with E-state index in [0.29, 0.717) is 0 Å². The normalized spacial score (nSPS) is 12.8. The molecule has 0 aliphatic heterocycles. The summed E-state index contributed by atoms with van der Waals surface area (Å²) in [5, 5.41) is 13.8. The van der Waals surface area contributed by atoms with Crippen LogP contribution in [0.3, 0.4) is 0 Å². The lowest BCUT2D eigenvalue weighted by Crippen LogP contribution is -1.99. The number of aromatic nitrogens is 2. The van der Waals surface area contributed by atoms with E-state index in [1.165, 1.54) is 0 Å². The third-order valence-corrected chi connectivity index (χ3v) is 2.63. The summed E-state index contributed by atoms with van der Waals surface area (Å²) in [6.07, 6.45) is -0.422. The molecule has 84 valence electrons. The first-order valence-electron chi connectivity index (χ1n) is 5.39. The summed E-state index contributed by atoms with van der Waals surface area (Å²) in [5.41, 5.74) is 4.07. The Kier molecular flexibility index (Phi) is 2.79. The van der Waals surface area contributed by atoms with Crippen LogP contribution in [0.1, 0.15) is 30.0 Å². The van der Waals surface area contributed by atoms with Crippen molar-refractivity contribution in [3.63, 3.8) is 0 Å². The van der Waals surface area contributed by atoms with Gasteiger partial charge in [0.15, 0.2) is 0 Å². The van der Waals surface area contributed by atoms with Gasteiger partial charge in [0.05, 0.1) is 17.5 Å². The van der Waals surface area contributed by atoms with Gasteiger partial charge in [-0.1, -0.05) is 12.1 Å². The topological polar surface area (TPSA) is 38.0 Å². The predicted molar refractivity (Wildman–Crippen MR) is 63.7 cm³/mol. The van der Waals surface area contributed by atoms with Crippen molar-refractivity contribution in [2.45, 2.75) is 26.9 Å². The zero-order valence-electron chi connectivity index (χ0n) is 9.81. The molecular formula is C13H16N2O. The molecule has 0 bridgehead atoms. The van der Waals surface area contributed by atoms with Gasteiger partial charge in [-0.05, 0) is 44.5 Å². The zero-order chi connectivity index (χ0) is 11.7. The Morgan fingerprint density at radius 3 is 2.25 bits per heavy atom. The molecule has 0 fully saturated rings. The minimum Gasteiger partial charge on any atom is -0.389 e. The van der Waals surface area contributed by atoms with Gasteiger partial charge in [0, 0.05) is 5.69 Å². The highest BCUT2D eigenvalue weighted by molar-refractivity contribution is 5.36. The molecule has 0 unspecified atom stereocenters. The molecule has 1 aromatic carbocycles. The van der Waals surface area contributed by atoms with Crippen LogP contribution in [0.4, 0.5) is 0 Å². The minimum atomic E-state index is -0.422. The number of aliphatic hydroxyl groups is 1. The third kappa shape index (κ3) is 1.99. The van der Waals surface area contributed by atoms with E-state index in [1.807, 2.05) is 48.9 Å². The van der Waals surface area contributed by atoms with E-state index in [0.717, 1.165) is 22.6 Å². The van der Waals surface area contributed by atoms with Gasteiger partial charge in [0.2, 0.25) is 0 Å². The lowest BCUT2D eigenvalue weighted by Gasteiger charge is -2.07. The van der Waals surface area contributed by atoms with Crippen molar-refractivity contribution in [3.8, 4) is 5.69 Å². The Bertz CT molecular complexity index is 483. The maximum atomic E-state index is 9.42. The average Bonchev–Trinajstić information content (AvgIpc) is 2.58. The molecular weight excluding hydrogens is 200 g/mol. The molecule has 1 aromatic heterocycles. The monoisotopic (exact) mass is 216 g/mol. The summed E-state index contributed by atoms with van der Waals surface area (Å²) >= 11 is 0. The summed E-state index contributed by atoms with van der Waals surface area (Å²) < 4.78 is 1.90. The maximum Gasteiger partial charge on any atom is 0.0761 e. The van der Waals surface area contributed by atoms with Gasteiger partial charge < -0.3 is 5.11 Å². The molecule has 0 aliphatic rings. The molecule has 0 aliphatic carbocycles. The van der Waals surface area contributed by atoms with E-state index < -0.39 is 6.10 Å². The van der Waals surface area contributed by atoms with E-state index in [1.54, 1.807) is 6.92 Å². The predicted octanol–water partition coefficient (Wildman–Crippen LogP) is 2.54. The molecule has 3 nitrogen and oxygen atoms in total. The van der Waals surface area contributed by atoms with Crippen LogP contribution in [0.25, 0.3) is 5.69 Å². The maximum absolute atomic E-state index is 9.42. The second kappa shape index (κ2) is 4.10. The first kappa shape index (κ1) is 10.9. The van der Waals surface area contributed by atoms with Crippen LogP contribution in [-0.2, 0) is 0 Å².